The molecule has 0 heterocycles. The van der Waals surface area contributed by atoms with Crippen LogP contribution in [0.4, 0.5) is 0 Å². The van der Waals surface area contributed by atoms with Crippen LogP contribution in [0.15, 0.2) is 47.9 Å². The Morgan fingerprint density at radius 3 is 2.68 bits per heavy atom. The second-order valence-corrected chi connectivity index (χ2v) is 6.90. The van der Waals surface area contributed by atoms with Crippen molar-refractivity contribution in [3.63, 3.8) is 0 Å². The van der Waals surface area contributed by atoms with Gasteiger partial charge in [0, 0.05) is 5.57 Å². The van der Waals surface area contributed by atoms with Gasteiger partial charge < -0.3 is 10.4 Å². The molecule has 0 spiro atoms. The van der Waals surface area contributed by atoms with E-state index in [1.807, 2.05) is 19.2 Å². The zero-order chi connectivity index (χ0) is 16.9. The van der Waals surface area contributed by atoms with Crippen LogP contribution in [0.1, 0.15) is 34.1 Å². The molecular formula is C19H33N2O+. The monoisotopic (exact) mass is 305 g/mol. The van der Waals surface area contributed by atoms with Crippen molar-refractivity contribution in [1.29, 1.82) is 0 Å². The lowest BCUT2D eigenvalue weighted by Gasteiger charge is -2.42. The molecule has 0 aromatic heterocycles. The minimum atomic E-state index is 0.0279. The molecule has 0 saturated heterocycles. The molecule has 0 radical (unpaired) electrons. The normalized spacial score (nSPS) is 22.0. The Morgan fingerprint density at radius 1 is 1.50 bits per heavy atom. The molecule has 0 amide bonds. The summed E-state index contributed by atoms with van der Waals surface area (Å²) in [5.74, 6) is 0.496. The highest BCUT2D eigenvalue weighted by atomic mass is 16.3. The molecule has 22 heavy (non-hydrogen) atoms. The molecule has 1 aliphatic carbocycles. The number of aliphatic hydroxyl groups is 1. The molecule has 3 nitrogen and oxygen atoms in total. The molecule has 0 bridgehead atoms. The highest BCUT2D eigenvalue weighted by molar-refractivity contribution is 5.39. The van der Waals surface area contributed by atoms with Gasteiger partial charge in [0.1, 0.15) is 11.7 Å². The molecule has 1 rings (SSSR count). The fraction of sp³-hybridized carbons (Fsp3) is 0.579. The predicted octanol–water partition coefficient (Wildman–Crippen LogP) is 3.36. The van der Waals surface area contributed by atoms with E-state index in [0.29, 0.717) is 18.0 Å². The first kappa shape index (κ1) is 18.7. The Bertz CT molecular complexity index is 486. The molecule has 124 valence electrons. The summed E-state index contributed by atoms with van der Waals surface area (Å²) in [6.07, 6.45) is 9.46. The van der Waals surface area contributed by atoms with E-state index in [9.17, 15) is 5.11 Å². The summed E-state index contributed by atoms with van der Waals surface area (Å²) in [7, 11) is 4.47. The zero-order valence-electron chi connectivity index (χ0n) is 15.1. The Labute approximate surface area is 136 Å². The van der Waals surface area contributed by atoms with Crippen LogP contribution in [0, 0.1) is 5.92 Å². The van der Waals surface area contributed by atoms with E-state index in [4.69, 9.17) is 0 Å². The second kappa shape index (κ2) is 7.80. The van der Waals surface area contributed by atoms with Crippen molar-refractivity contribution in [2.24, 2.45) is 5.92 Å². The number of hydrogen-bond acceptors (Lipinski definition) is 2. The molecule has 1 aliphatic rings. The van der Waals surface area contributed by atoms with Gasteiger partial charge in [-0.1, -0.05) is 25.7 Å². The number of quaternary nitrogens is 1. The van der Waals surface area contributed by atoms with Crippen molar-refractivity contribution in [2.75, 3.05) is 20.7 Å². The maximum absolute atomic E-state index is 9.53. The van der Waals surface area contributed by atoms with Crippen molar-refractivity contribution in [1.82, 2.24) is 5.32 Å². The van der Waals surface area contributed by atoms with Crippen molar-refractivity contribution < 1.29 is 9.59 Å². The van der Waals surface area contributed by atoms with Gasteiger partial charge in [-0.25, -0.2) is 0 Å². The summed E-state index contributed by atoms with van der Waals surface area (Å²) in [4.78, 5) is 0. The van der Waals surface area contributed by atoms with Gasteiger partial charge >= 0.3 is 0 Å². The number of nitrogens with one attached hydrogen (secondary N) is 1. The Balaban J connectivity index is 3.16. The molecule has 0 fully saturated rings. The first-order valence-electron chi connectivity index (χ1n) is 8.17. The van der Waals surface area contributed by atoms with Crippen LogP contribution in [0.2, 0.25) is 0 Å². The highest BCUT2D eigenvalue weighted by Crippen LogP contribution is 2.34. The molecule has 3 heteroatoms. The predicted molar refractivity (Wildman–Crippen MR) is 95.2 cm³/mol. The third-order valence-electron chi connectivity index (χ3n) is 4.92. The van der Waals surface area contributed by atoms with Gasteiger partial charge in [0.05, 0.1) is 26.7 Å². The van der Waals surface area contributed by atoms with Gasteiger partial charge in [0.2, 0.25) is 0 Å². The number of hydrogen-bond donors (Lipinski definition) is 2. The van der Waals surface area contributed by atoms with E-state index < -0.39 is 0 Å². The van der Waals surface area contributed by atoms with E-state index in [2.05, 4.69) is 58.9 Å². The SMILES string of the molecule is C=C(CO)C1=C([N+](C)(C)[C@@H](C)C(C)N/C=C\C)C=CC(C)C1. The second-order valence-electron chi connectivity index (χ2n) is 6.90. The van der Waals surface area contributed by atoms with Crippen LogP contribution in [0.3, 0.4) is 0 Å². The van der Waals surface area contributed by atoms with Gasteiger partial charge in [0.25, 0.3) is 0 Å². The lowest BCUT2D eigenvalue weighted by molar-refractivity contribution is -0.875. The van der Waals surface area contributed by atoms with Crippen molar-refractivity contribution in [3.05, 3.63) is 47.9 Å². The number of rotatable bonds is 7. The average Bonchev–Trinajstić information content (AvgIpc) is 2.50. The van der Waals surface area contributed by atoms with Crippen LogP contribution >= 0.6 is 0 Å². The van der Waals surface area contributed by atoms with E-state index in [-0.39, 0.29) is 6.61 Å². The van der Waals surface area contributed by atoms with E-state index in [1.165, 1.54) is 11.3 Å². The Hall–Kier alpha value is -1.32. The smallest absolute Gasteiger partial charge is 0.135 e. The molecule has 0 aromatic carbocycles. The van der Waals surface area contributed by atoms with Crippen LogP contribution in [0.25, 0.3) is 0 Å². The summed E-state index contributed by atoms with van der Waals surface area (Å²) in [5.41, 5.74) is 3.32. The molecule has 0 saturated carbocycles. The molecule has 2 unspecified atom stereocenters. The molecule has 3 atom stereocenters. The first-order valence-corrected chi connectivity index (χ1v) is 8.17. The number of aliphatic hydroxyl groups excluding tert-OH is 1. The summed E-state index contributed by atoms with van der Waals surface area (Å²) in [6.45, 7) is 12.8. The van der Waals surface area contributed by atoms with Crippen LogP contribution in [0.5, 0.6) is 0 Å². The number of likely N-dealkylation sites (N-methyl/N-ethyl adjacent to an activating group) is 1. The maximum atomic E-state index is 9.53. The van der Waals surface area contributed by atoms with E-state index in [0.717, 1.165) is 16.5 Å². The molecule has 0 aromatic rings. The summed E-state index contributed by atoms with van der Waals surface area (Å²) < 4.78 is 0.767. The molecule has 2 N–H and O–H groups in total. The largest absolute Gasteiger partial charge is 0.392 e. The van der Waals surface area contributed by atoms with Gasteiger partial charge in [-0.2, -0.15) is 0 Å². The maximum Gasteiger partial charge on any atom is 0.135 e. The summed E-state index contributed by atoms with van der Waals surface area (Å²) in [6, 6.07) is 0.723. The third kappa shape index (κ3) is 4.11. The molecule has 0 aliphatic heterocycles. The van der Waals surface area contributed by atoms with Crippen molar-refractivity contribution >= 4 is 0 Å². The van der Waals surface area contributed by atoms with Crippen LogP contribution < -0.4 is 5.32 Å². The molecular weight excluding hydrogens is 272 g/mol. The van der Waals surface area contributed by atoms with Crippen molar-refractivity contribution in [3.8, 4) is 0 Å². The third-order valence-corrected chi connectivity index (χ3v) is 4.92. The zero-order valence-corrected chi connectivity index (χ0v) is 15.1. The lowest BCUT2D eigenvalue weighted by Crippen LogP contribution is -2.54. The van der Waals surface area contributed by atoms with Gasteiger partial charge in [0.15, 0.2) is 0 Å². The number of nitrogens with zero attached hydrogens (tertiary/aromatic N) is 1. The topological polar surface area (TPSA) is 32.3 Å². The standard InChI is InChI=1S/C19H33N2O/c1-8-11-20-16(4)17(5)21(6,7)19-10-9-14(2)12-18(19)15(3)13-22/h8-11,14,16-17,20,22H,3,12-13H2,1-2,4-7H3/q+1/b11-8-/t14?,16?,17-/m0/s1. The van der Waals surface area contributed by atoms with Crippen LogP contribution in [-0.4, -0.2) is 42.4 Å². The van der Waals surface area contributed by atoms with Gasteiger partial charge in [-0.05, 0) is 51.0 Å². The first-order chi connectivity index (χ1) is 10.3. The minimum absolute atomic E-state index is 0.0279. The van der Waals surface area contributed by atoms with E-state index >= 15 is 0 Å². The fourth-order valence-corrected chi connectivity index (χ4v) is 2.98. The van der Waals surface area contributed by atoms with E-state index in [1.54, 1.807) is 0 Å². The minimum Gasteiger partial charge on any atom is -0.392 e. The summed E-state index contributed by atoms with van der Waals surface area (Å²) >= 11 is 0. The Kier molecular flexibility index (Phi) is 6.64. The van der Waals surface area contributed by atoms with Crippen molar-refractivity contribution in [2.45, 2.75) is 46.2 Å². The summed E-state index contributed by atoms with van der Waals surface area (Å²) in [5, 5.41) is 13.0. The Morgan fingerprint density at radius 2 is 2.14 bits per heavy atom. The lowest BCUT2D eigenvalue weighted by atomic mass is 9.88. The van der Waals surface area contributed by atoms with Gasteiger partial charge in [-0.15, -0.1) is 0 Å². The van der Waals surface area contributed by atoms with Gasteiger partial charge in [-0.3, -0.25) is 4.48 Å². The highest BCUT2D eigenvalue weighted by Gasteiger charge is 2.35. The number of allylic oxidation sites excluding steroid dienone is 3. The van der Waals surface area contributed by atoms with Crippen LogP contribution in [-0.2, 0) is 0 Å². The average molecular weight is 305 g/mol. The fourth-order valence-electron chi connectivity index (χ4n) is 2.98. The quantitative estimate of drug-likeness (QED) is 0.707.